The second-order valence-corrected chi connectivity index (χ2v) is 5.02. The van der Waals surface area contributed by atoms with Gasteiger partial charge >= 0.3 is 11.9 Å². The van der Waals surface area contributed by atoms with E-state index in [2.05, 4.69) is 5.32 Å². The van der Waals surface area contributed by atoms with Gasteiger partial charge in [-0.3, -0.25) is 4.79 Å². The summed E-state index contributed by atoms with van der Waals surface area (Å²) in [7, 11) is 1.32. The fraction of sp³-hybridized carbons (Fsp3) is 0.118. The van der Waals surface area contributed by atoms with Crippen LogP contribution in [0.15, 0.2) is 48.5 Å². The molecular weight excluding hydrogens is 314 g/mol. The van der Waals surface area contributed by atoms with Crippen molar-refractivity contribution in [2.45, 2.75) is 6.92 Å². The highest BCUT2D eigenvalue weighted by Gasteiger charge is 2.12. The van der Waals surface area contributed by atoms with Crippen molar-refractivity contribution in [2.24, 2.45) is 0 Å². The predicted octanol–water partition coefficient (Wildman–Crippen LogP) is 3.19. The Kier molecular flexibility index (Phi) is 5.43. The highest BCUT2D eigenvalue weighted by molar-refractivity contribution is 7.81. The van der Waals surface area contributed by atoms with Crippen LogP contribution in [0.5, 0.6) is 5.75 Å². The summed E-state index contributed by atoms with van der Waals surface area (Å²) in [5, 5.41) is 3.03. The second-order valence-electron chi connectivity index (χ2n) is 4.61. The summed E-state index contributed by atoms with van der Waals surface area (Å²) in [6, 6.07) is 13.7. The molecule has 0 aliphatic carbocycles. The molecule has 5 nitrogen and oxygen atoms in total. The molecule has 0 saturated heterocycles. The molecule has 0 amide bonds. The van der Waals surface area contributed by atoms with Crippen molar-refractivity contribution in [1.29, 1.82) is 0 Å². The first-order valence-corrected chi connectivity index (χ1v) is 7.19. The smallest absolute Gasteiger partial charge is 0.339 e. The first kappa shape index (κ1) is 16.6. The number of benzene rings is 2. The first-order chi connectivity index (χ1) is 11.0. The maximum absolute atomic E-state index is 11.7. The third-order valence-electron chi connectivity index (χ3n) is 2.96. The number of anilines is 1. The Morgan fingerprint density at radius 1 is 1.04 bits per heavy atom. The van der Waals surface area contributed by atoms with Gasteiger partial charge in [0.25, 0.3) is 0 Å². The van der Waals surface area contributed by atoms with Gasteiger partial charge in [0.2, 0.25) is 0 Å². The summed E-state index contributed by atoms with van der Waals surface area (Å²) in [4.78, 5) is 23.1. The number of methoxy groups -OCH3 is 1. The molecule has 118 valence electrons. The third-order valence-corrected chi connectivity index (χ3v) is 3.30. The molecule has 2 rings (SSSR count). The highest BCUT2D eigenvalue weighted by atomic mass is 32.1. The Bertz CT molecular complexity index is 741. The molecule has 0 saturated carbocycles. The Labute approximate surface area is 139 Å². The van der Waals surface area contributed by atoms with Crippen molar-refractivity contribution in [3.8, 4) is 5.75 Å². The van der Waals surface area contributed by atoms with Crippen LogP contribution < -0.4 is 10.1 Å². The predicted molar refractivity (Wildman–Crippen MR) is 90.9 cm³/mol. The molecule has 0 heterocycles. The van der Waals surface area contributed by atoms with Crippen LogP contribution in [0.25, 0.3) is 0 Å². The molecule has 6 heteroatoms. The standard InChI is InChI=1S/C17H15NO4S/c1-11(19)22-13-9-7-12(8-10-13)16(23)18-15-6-4-3-5-14(15)17(20)21-2/h3-10H,1-2H3,(H,18,23). The van der Waals surface area contributed by atoms with E-state index in [-0.39, 0.29) is 5.97 Å². The number of carbonyl (C=O) groups is 2. The molecule has 0 unspecified atom stereocenters. The molecule has 23 heavy (non-hydrogen) atoms. The van der Waals surface area contributed by atoms with E-state index in [9.17, 15) is 9.59 Å². The van der Waals surface area contributed by atoms with Crippen molar-refractivity contribution in [1.82, 2.24) is 0 Å². The number of thiocarbonyl (C=S) groups is 1. The van der Waals surface area contributed by atoms with Crippen molar-refractivity contribution in [3.63, 3.8) is 0 Å². The Balaban J connectivity index is 2.16. The summed E-state index contributed by atoms with van der Waals surface area (Å²) in [6.07, 6.45) is 0. The number of hydrogen-bond acceptors (Lipinski definition) is 5. The fourth-order valence-corrected chi connectivity index (χ4v) is 2.16. The molecule has 0 bridgehead atoms. The average molecular weight is 329 g/mol. The summed E-state index contributed by atoms with van der Waals surface area (Å²) in [5.74, 6) is -0.384. The SMILES string of the molecule is COC(=O)c1ccccc1NC(=S)c1ccc(OC(C)=O)cc1. The van der Waals surface area contributed by atoms with Gasteiger partial charge in [-0.25, -0.2) is 4.79 Å². The Morgan fingerprint density at radius 2 is 1.70 bits per heavy atom. The minimum absolute atomic E-state index is 0.384. The lowest BCUT2D eigenvalue weighted by molar-refractivity contribution is -0.131. The largest absolute Gasteiger partial charge is 0.465 e. The molecule has 2 aromatic rings. The minimum atomic E-state index is -0.443. The van der Waals surface area contributed by atoms with Gasteiger partial charge in [0.15, 0.2) is 0 Å². The monoisotopic (exact) mass is 329 g/mol. The molecule has 0 spiro atoms. The van der Waals surface area contributed by atoms with Crippen LogP contribution in [0, 0.1) is 0 Å². The minimum Gasteiger partial charge on any atom is -0.465 e. The van der Waals surface area contributed by atoms with Crippen LogP contribution in [0.1, 0.15) is 22.8 Å². The third kappa shape index (κ3) is 4.37. The van der Waals surface area contributed by atoms with Crippen molar-refractivity contribution < 1.29 is 19.1 Å². The van der Waals surface area contributed by atoms with Crippen molar-refractivity contribution in [2.75, 3.05) is 12.4 Å². The molecule has 0 aliphatic heterocycles. The average Bonchev–Trinajstić information content (AvgIpc) is 2.54. The van der Waals surface area contributed by atoms with Crippen LogP contribution in [-0.2, 0) is 9.53 Å². The molecule has 2 aromatic carbocycles. The number of carbonyl (C=O) groups excluding carboxylic acids is 2. The van der Waals surface area contributed by atoms with Gasteiger partial charge in [0, 0.05) is 12.5 Å². The number of esters is 2. The summed E-state index contributed by atoms with van der Waals surface area (Å²) < 4.78 is 9.71. The first-order valence-electron chi connectivity index (χ1n) is 6.78. The van der Waals surface area contributed by atoms with E-state index in [1.165, 1.54) is 14.0 Å². The lowest BCUT2D eigenvalue weighted by Gasteiger charge is -2.12. The Morgan fingerprint density at radius 3 is 2.30 bits per heavy atom. The van der Waals surface area contributed by atoms with Gasteiger partial charge in [-0.15, -0.1) is 0 Å². The lowest BCUT2D eigenvalue weighted by Crippen LogP contribution is -2.14. The van der Waals surface area contributed by atoms with E-state index < -0.39 is 5.97 Å². The van der Waals surface area contributed by atoms with Crippen LogP contribution in [0.3, 0.4) is 0 Å². The van der Waals surface area contributed by atoms with E-state index >= 15 is 0 Å². The van der Waals surface area contributed by atoms with Crippen LogP contribution in [-0.4, -0.2) is 24.0 Å². The van der Waals surface area contributed by atoms with Gasteiger partial charge in [-0.05, 0) is 36.4 Å². The molecular formula is C17H15NO4S. The molecule has 0 fully saturated rings. The molecule has 1 N–H and O–H groups in total. The zero-order chi connectivity index (χ0) is 16.8. The zero-order valence-electron chi connectivity index (χ0n) is 12.7. The van der Waals surface area contributed by atoms with Gasteiger partial charge in [0.1, 0.15) is 10.7 Å². The van der Waals surface area contributed by atoms with E-state index in [1.54, 1.807) is 48.5 Å². The van der Waals surface area contributed by atoms with Crippen LogP contribution >= 0.6 is 12.2 Å². The van der Waals surface area contributed by atoms with Gasteiger partial charge in [0.05, 0.1) is 18.4 Å². The quantitative estimate of drug-likeness (QED) is 0.528. The van der Waals surface area contributed by atoms with Crippen molar-refractivity contribution in [3.05, 3.63) is 59.7 Å². The fourth-order valence-electron chi connectivity index (χ4n) is 1.91. The maximum Gasteiger partial charge on any atom is 0.339 e. The summed E-state index contributed by atoms with van der Waals surface area (Å²) in [5.41, 5.74) is 1.69. The number of hydrogen-bond donors (Lipinski definition) is 1. The molecule has 0 radical (unpaired) electrons. The maximum atomic E-state index is 11.7. The lowest BCUT2D eigenvalue weighted by atomic mass is 10.1. The van der Waals surface area contributed by atoms with Gasteiger partial charge < -0.3 is 14.8 Å². The van der Waals surface area contributed by atoms with E-state index in [0.717, 1.165) is 5.56 Å². The zero-order valence-corrected chi connectivity index (χ0v) is 13.5. The van der Waals surface area contributed by atoms with Crippen LogP contribution in [0.2, 0.25) is 0 Å². The number of nitrogens with one attached hydrogen (secondary N) is 1. The molecule has 0 aromatic heterocycles. The second kappa shape index (κ2) is 7.51. The van der Waals surface area contributed by atoms with E-state index in [4.69, 9.17) is 21.7 Å². The molecule has 0 atom stereocenters. The Hall–Kier alpha value is -2.73. The number of ether oxygens (including phenoxy) is 2. The molecule has 0 aliphatic rings. The number of rotatable bonds is 4. The van der Waals surface area contributed by atoms with Gasteiger partial charge in [-0.2, -0.15) is 0 Å². The van der Waals surface area contributed by atoms with Crippen molar-refractivity contribution >= 4 is 34.8 Å². The summed E-state index contributed by atoms with van der Waals surface area (Å²) in [6.45, 7) is 1.34. The number of para-hydroxylation sites is 1. The van der Waals surface area contributed by atoms with Crippen LogP contribution in [0.4, 0.5) is 5.69 Å². The topological polar surface area (TPSA) is 64.6 Å². The normalized spacial score (nSPS) is 9.83. The van der Waals surface area contributed by atoms with E-state index in [0.29, 0.717) is 22.0 Å². The summed E-state index contributed by atoms with van der Waals surface area (Å²) >= 11 is 5.35. The van der Waals surface area contributed by atoms with E-state index in [1.807, 2.05) is 0 Å². The van der Waals surface area contributed by atoms with Gasteiger partial charge in [-0.1, -0.05) is 24.4 Å². The highest BCUT2D eigenvalue weighted by Crippen LogP contribution is 2.19.